The summed E-state index contributed by atoms with van der Waals surface area (Å²) in [6, 6.07) is 8.00. The first-order chi connectivity index (χ1) is 10.1. The third-order valence-electron chi connectivity index (χ3n) is 3.93. The molecule has 21 heavy (non-hydrogen) atoms. The van der Waals surface area contributed by atoms with Gasteiger partial charge in [0.25, 0.3) is 0 Å². The monoisotopic (exact) mass is 293 g/mol. The normalized spacial score (nSPS) is 23.2. The van der Waals surface area contributed by atoms with Gasteiger partial charge in [-0.15, -0.1) is 0 Å². The number of ether oxygens (including phenoxy) is 2. The van der Waals surface area contributed by atoms with Gasteiger partial charge in [0.1, 0.15) is 18.5 Å². The van der Waals surface area contributed by atoms with E-state index in [2.05, 4.69) is 25.2 Å². The summed E-state index contributed by atoms with van der Waals surface area (Å²) in [5, 5.41) is 13.2. The molecule has 2 atom stereocenters. The van der Waals surface area contributed by atoms with Gasteiger partial charge >= 0.3 is 0 Å². The van der Waals surface area contributed by atoms with E-state index in [0.29, 0.717) is 13.2 Å². The standard InChI is InChI=1S/C17H27NO3/c1-3-14-6-4-7-16(10-14)20-12-15(19)11-18-13-17(2)8-5-9-21-17/h4,6-7,10,15,18-19H,3,5,8-9,11-13H2,1-2H3. The number of hydrogen-bond acceptors (Lipinski definition) is 4. The lowest BCUT2D eigenvalue weighted by atomic mass is 10.0. The first-order valence-corrected chi connectivity index (χ1v) is 7.86. The molecule has 1 aromatic carbocycles. The van der Waals surface area contributed by atoms with E-state index >= 15 is 0 Å². The molecule has 0 radical (unpaired) electrons. The number of rotatable bonds is 8. The number of benzene rings is 1. The molecule has 0 saturated carbocycles. The van der Waals surface area contributed by atoms with Gasteiger partial charge in [-0.05, 0) is 43.9 Å². The summed E-state index contributed by atoms with van der Waals surface area (Å²) in [5.41, 5.74) is 1.17. The molecule has 2 unspecified atom stereocenters. The Hall–Kier alpha value is -1.10. The number of nitrogens with one attached hydrogen (secondary N) is 1. The largest absolute Gasteiger partial charge is 0.491 e. The van der Waals surface area contributed by atoms with Crippen LogP contribution in [0.4, 0.5) is 0 Å². The summed E-state index contributed by atoms with van der Waals surface area (Å²) in [6.45, 7) is 6.67. The van der Waals surface area contributed by atoms with E-state index in [1.807, 2.05) is 18.2 Å². The van der Waals surface area contributed by atoms with Gasteiger partial charge in [-0.2, -0.15) is 0 Å². The highest BCUT2D eigenvalue weighted by Crippen LogP contribution is 2.23. The Morgan fingerprint density at radius 3 is 3.05 bits per heavy atom. The molecular weight excluding hydrogens is 266 g/mol. The molecule has 1 saturated heterocycles. The Morgan fingerprint density at radius 1 is 1.48 bits per heavy atom. The van der Waals surface area contributed by atoms with Gasteiger partial charge < -0.3 is 19.9 Å². The molecule has 0 amide bonds. The zero-order valence-corrected chi connectivity index (χ0v) is 13.1. The molecule has 2 rings (SSSR count). The van der Waals surface area contributed by atoms with Crippen molar-refractivity contribution in [3.05, 3.63) is 29.8 Å². The SMILES string of the molecule is CCc1cccc(OCC(O)CNCC2(C)CCCO2)c1. The lowest BCUT2D eigenvalue weighted by Gasteiger charge is -2.24. The molecule has 0 spiro atoms. The van der Waals surface area contributed by atoms with Crippen LogP contribution in [-0.2, 0) is 11.2 Å². The van der Waals surface area contributed by atoms with Gasteiger partial charge in [0.2, 0.25) is 0 Å². The second kappa shape index (κ2) is 7.78. The summed E-state index contributed by atoms with van der Waals surface area (Å²) in [5.74, 6) is 0.819. The average molecular weight is 293 g/mol. The molecule has 4 nitrogen and oxygen atoms in total. The average Bonchev–Trinajstić information content (AvgIpc) is 2.92. The van der Waals surface area contributed by atoms with Crippen LogP contribution in [0.25, 0.3) is 0 Å². The highest BCUT2D eigenvalue weighted by molar-refractivity contribution is 5.28. The molecule has 1 fully saturated rings. The Balaban J connectivity index is 1.66. The topological polar surface area (TPSA) is 50.7 Å². The zero-order chi connectivity index (χ0) is 15.1. The van der Waals surface area contributed by atoms with E-state index in [4.69, 9.17) is 9.47 Å². The van der Waals surface area contributed by atoms with E-state index in [1.165, 1.54) is 5.56 Å². The maximum Gasteiger partial charge on any atom is 0.119 e. The van der Waals surface area contributed by atoms with Crippen molar-refractivity contribution in [3.63, 3.8) is 0 Å². The molecule has 0 bridgehead atoms. The fourth-order valence-electron chi connectivity index (χ4n) is 2.59. The van der Waals surface area contributed by atoms with Crippen LogP contribution in [0.2, 0.25) is 0 Å². The van der Waals surface area contributed by atoms with Gasteiger partial charge in [-0.25, -0.2) is 0 Å². The third-order valence-corrected chi connectivity index (χ3v) is 3.93. The van der Waals surface area contributed by atoms with Crippen molar-refractivity contribution in [2.75, 3.05) is 26.3 Å². The number of hydrogen-bond donors (Lipinski definition) is 2. The highest BCUT2D eigenvalue weighted by Gasteiger charge is 2.29. The van der Waals surface area contributed by atoms with Crippen LogP contribution in [0.5, 0.6) is 5.75 Å². The summed E-state index contributed by atoms with van der Waals surface area (Å²) in [6.07, 6.45) is 2.67. The molecule has 1 heterocycles. The first-order valence-electron chi connectivity index (χ1n) is 7.86. The quantitative estimate of drug-likeness (QED) is 0.771. The van der Waals surface area contributed by atoms with Crippen LogP contribution in [0.1, 0.15) is 32.3 Å². The van der Waals surface area contributed by atoms with Crippen LogP contribution in [0.15, 0.2) is 24.3 Å². The second-order valence-corrected chi connectivity index (χ2v) is 6.00. The predicted molar refractivity (Wildman–Crippen MR) is 83.8 cm³/mol. The number of aliphatic hydroxyl groups is 1. The van der Waals surface area contributed by atoms with Gasteiger partial charge in [0, 0.05) is 19.7 Å². The van der Waals surface area contributed by atoms with Crippen molar-refractivity contribution in [3.8, 4) is 5.75 Å². The van der Waals surface area contributed by atoms with Crippen LogP contribution in [0.3, 0.4) is 0 Å². The number of aryl methyl sites for hydroxylation is 1. The minimum atomic E-state index is -0.514. The van der Waals surface area contributed by atoms with E-state index in [0.717, 1.165) is 38.2 Å². The zero-order valence-electron chi connectivity index (χ0n) is 13.1. The third kappa shape index (κ3) is 5.30. The lowest BCUT2D eigenvalue weighted by molar-refractivity contribution is 0.0170. The van der Waals surface area contributed by atoms with Crippen LogP contribution < -0.4 is 10.1 Å². The summed E-state index contributed by atoms with van der Waals surface area (Å²) < 4.78 is 11.3. The fraction of sp³-hybridized carbons (Fsp3) is 0.647. The molecular formula is C17H27NO3. The second-order valence-electron chi connectivity index (χ2n) is 6.00. The van der Waals surface area contributed by atoms with Gasteiger partial charge in [-0.3, -0.25) is 0 Å². The van der Waals surface area contributed by atoms with Crippen molar-refractivity contribution in [1.82, 2.24) is 5.32 Å². The minimum absolute atomic E-state index is 0.0734. The maximum atomic E-state index is 9.97. The molecule has 118 valence electrons. The Kier molecular flexibility index (Phi) is 6.03. The van der Waals surface area contributed by atoms with Gasteiger partial charge in [0.15, 0.2) is 0 Å². The summed E-state index contributed by atoms with van der Waals surface area (Å²) in [4.78, 5) is 0. The first kappa shape index (κ1) is 16.3. The van der Waals surface area contributed by atoms with Gasteiger partial charge in [0.05, 0.1) is 5.60 Å². The van der Waals surface area contributed by atoms with E-state index in [1.54, 1.807) is 0 Å². The Bertz CT molecular complexity index is 430. The van der Waals surface area contributed by atoms with Crippen molar-refractivity contribution in [2.45, 2.75) is 44.8 Å². The van der Waals surface area contributed by atoms with Crippen molar-refractivity contribution in [1.29, 1.82) is 0 Å². The van der Waals surface area contributed by atoms with Crippen LogP contribution in [0, 0.1) is 0 Å². The lowest BCUT2D eigenvalue weighted by Crippen LogP contribution is -2.41. The molecule has 1 aromatic rings. The summed E-state index contributed by atoms with van der Waals surface area (Å²) in [7, 11) is 0. The molecule has 4 heteroatoms. The van der Waals surface area contributed by atoms with Gasteiger partial charge in [-0.1, -0.05) is 19.1 Å². The molecule has 1 aliphatic heterocycles. The van der Waals surface area contributed by atoms with Crippen molar-refractivity contribution < 1.29 is 14.6 Å². The molecule has 1 aliphatic rings. The smallest absolute Gasteiger partial charge is 0.119 e. The maximum absolute atomic E-state index is 9.97. The Labute approximate surface area is 127 Å². The van der Waals surface area contributed by atoms with Crippen LogP contribution in [-0.4, -0.2) is 43.1 Å². The summed E-state index contributed by atoms with van der Waals surface area (Å²) >= 11 is 0. The highest BCUT2D eigenvalue weighted by atomic mass is 16.5. The van der Waals surface area contributed by atoms with Crippen LogP contribution >= 0.6 is 0 Å². The van der Waals surface area contributed by atoms with E-state index < -0.39 is 6.10 Å². The Morgan fingerprint density at radius 2 is 2.33 bits per heavy atom. The minimum Gasteiger partial charge on any atom is -0.491 e. The fourth-order valence-corrected chi connectivity index (χ4v) is 2.59. The van der Waals surface area contributed by atoms with Crippen molar-refractivity contribution >= 4 is 0 Å². The van der Waals surface area contributed by atoms with Crippen molar-refractivity contribution in [2.24, 2.45) is 0 Å². The molecule has 0 aliphatic carbocycles. The van der Waals surface area contributed by atoms with E-state index in [-0.39, 0.29) is 5.60 Å². The molecule has 0 aromatic heterocycles. The van der Waals surface area contributed by atoms with E-state index in [9.17, 15) is 5.11 Å². The molecule has 2 N–H and O–H groups in total. The number of aliphatic hydroxyl groups excluding tert-OH is 1. The predicted octanol–water partition coefficient (Wildman–Crippen LogP) is 2.15.